The summed E-state index contributed by atoms with van der Waals surface area (Å²) in [6.45, 7) is 3.62. The minimum atomic E-state index is -0.0967. The number of nitrogens with zero attached hydrogens (tertiary/aromatic N) is 3. The van der Waals surface area contributed by atoms with Crippen LogP contribution in [0.3, 0.4) is 0 Å². The maximum Gasteiger partial charge on any atom is 0.308 e. The van der Waals surface area contributed by atoms with E-state index in [9.17, 15) is 4.79 Å². The lowest BCUT2D eigenvalue weighted by molar-refractivity contribution is -0.146. The van der Waals surface area contributed by atoms with Gasteiger partial charge in [-0.3, -0.25) is 9.78 Å². The summed E-state index contributed by atoms with van der Waals surface area (Å²) < 4.78 is 4.77. The average molecular weight is 235 g/mol. The van der Waals surface area contributed by atoms with Crippen LogP contribution in [-0.2, 0) is 9.53 Å². The van der Waals surface area contributed by atoms with Crippen molar-refractivity contribution in [1.82, 2.24) is 9.97 Å². The van der Waals surface area contributed by atoms with Crippen molar-refractivity contribution in [3.63, 3.8) is 0 Å². The van der Waals surface area contributed by atoms with E-state index in [1.54, 1.807) is 12.4 Å². The van der Waals surface area contributed by atoms with E-state index in [0.29, 0.717) is 0 Å². The largest absolute Gasteiger partial charge is 0.469 e. The van der Waals surface area contributed by atoms with Gasteiger partial charge >= 0.3 is 5.97 Å². The third-order valence-electron chi connectivity index (χ3n) is 3.18. The van der Waals surface area contributed by atoms with Crippen LogP contribution in [0.1, 0.15) is 18.5 Å². The van der Waals surface area contributed by atoms with Crippen LogP contribution in [0.4, 0.5) is 5.82 Å². The van der Waals surface area contributed by atoms with E-state index in [-0.39, 0.29) is 11.9 Å². The fourth-order valence-electron chi connectivity index (χ4n) is 2.20. The van der Waals surface area contributed by atoms with Crippen LogP contribution in [-0.4, -0.2) is 36.1 Å². The van der Waals surface area contributed by atoms with Crippen molar-refractivity contribution in [2.45, 2.75) is 19.8 Å². The van der Waals surface area contributed by atoms with Crippen LogP contribution in [0, 0.1) is 12.8 Å². The Kier molecular flexibility index (Phi) is 3.56. The first kappa shape index (κ1) is 11.8. The van der Waals surface area contributed by atoms with E-state index >= 15 is 0 Å². The van der Waals surface area contributed by atoms with Gasteiger partial charge in [0.15, 0.2) is 0 Å². The van der Waals surface area contributed by atoms with Gasteiger partial charge < -0.3 is 9.64 Å². The summed E-state index contributed by atoms with van der Waals surface area (Å²) in [4.78, 5) is 22.2. The number of anilines is 1. The normalized spacial score (nSPS) is 16.9. The summed E-state index contributed by atoms with van der Waals surface area (Å²) in [7, 11) is 1.45. The fraction of sp³-hybridized carbons (Fsp3) is 0.583. The molecular weight excluding hydrogens is 218 g/mol. The zero-order chi connectivity index (χ0) is 12.3. The number of hydrogen-bond acceptors (Lipinski definition) is 5. The molecule has 1 fully saturated rings. The van der Waals surface area contributed by atoms with Crippen LogP contribution in [0.5, 0.6) is 0 Å². The maximum absolute atomic E-state index is 11.4. The van der Waals surface area contributed by atoms with Gasteiger partial charge in [0.25, 0.3) is 0 Å². The second-order valence-corrected chi connectivity index (χ2v) is 4.25. The van der Waals surface area contributed by atoms with Gasteiger partial charge in [-0.1, -0.05) is 0 Å². The number of hydrogen-bond donors (Lipinski definition) is 0. The van der Waals surface area contributed by atoms with Gasteiger partial charge in [-0.05, 0) is 19.8 Å². The average Bonchev–Trinajstić information content (AvgIpc) is 2.39. The molecule has 0 amide bonds. The van der Waals surface area contributed by atoms with Crippen LogP contribution >= 0.6 is 0 Å². The van der Waals surface area contributed by atoms with E-state index in [1.807, 2.05) is 6.92 Å². The summed E-state index contributed by atoms with van der Waals surface area (Å²) in [5.41, 5.74) is 0.934. The molecule has 1 aromatic heterocycles. The molecule has 0 saturated carbocycles. The van der Waals surface area contributed by atoms with Crippen molar-refractivity contribution >= 4 is 11.8 Å². The lowest BCUT2D eigenvalue weighted by Gasteiger charge is -2.31. The van der Waals surface area contributed by atoms with Gasteiger partial charge in [0, 0.05) is 25.5 Å². The zero-order valence-corrected chi connectivity index (χ0v) is 10.2. The monoisotopic (exact) mass is 235 g/mol. The predicted molar refractivity (Wildman–Crippen MR) is 63.7 cm³/mol. The molecule has 0 atom stereocenters. The quantitative estimate of drug-likeness (QED) is 0.720. The van der Waals surface area contributed by atoms with Crippen molar-refractivity contribution in [2.75, 3.05) is 25.1 Å². The van der Waals surface area contributed by atoms with Gasteiger partial charge in [-0.2, -0.15) is 0 Å². The Hall–Kier alpha value is -1.65. The highest BCUT2D eigenvalue weighted by molar-refractivity contribution is 5.72. The second-order valence-electron chi connectivity index (χ2n) is 4.25. The smallest absolute Gasteiger partial charge is 0.308 e. The van der Waals surface area contributed by atoms with Crippen LogP contribution < -0.4 is 4.90 Å². The van der Waals surface area contributed by atoms with E-state index in [1.165, 1.54) is 7.11 Å². The topological polar surface area (TPSA) is 55.3 Å². The standard InChI is InChI=1S/C12H17N3O2/c1-9-11(14-6-5-13-9)15-7-3-10(4-8-15)12(16)17-2/h5-6,10H,3-4,7-8H2,1-2H3. The lowest BCUT2D eigenvalue weighted by atomic mass is 9.97. The summed E-state index contributed by atoms with van der Waals surface area (Å²) in [5.74, 6) is 0.865. The molecule has 5 nitrogen and oxygen atoms in total. The molecule has 1 aromatic rings. The highest BCUT2D eigenvalue weighted by Crippen LogP contribution is 2.23. The number of rotatable bonds is 2. The number of piperidine rings is 1. The molecular formula is C12H17N3O2. The molecule has 2 heterocycles. The van der Waals surface area contributed by atoms with Gasteiger partial charge in [-0.15, -0.1) is 0 Å². The summed E-state index contributed by atoms with van der Waals surface area (Å²) in [5, 5.41) is 0. The molecule has 0 aliphatic carbocycles. The van der Waals surface area contributed by atoms with E-state index in [4.69, 9.17) is 4.74 Å². The summed E-state index contributed by atoms with van der Waals surface area (Å²) >= 11 is 0. The number of esters is 1. The first-order valence-corrected chi connectivity index (χ1v) is 5.82. The minimum Gasteiger partial charge on any atom is -0.469 e. The Balaban J connectivity index is 2.00. The maximum atomic E-state index is 11.4. The summed E-state index contributed by atoms with van der Waals surface area (Å²) in [6.07, 6.45) is 5.04. The van der Waals surface area contributed by atoms with Gasteiger partial charge in [0.1, 0.15) is 5.82 Å². The molecule has 0 bridgehead atoms. The van der Waals surface area contributed by atoms with E-state index < -0.39 is 0 Å². The zero-order valence-electron chi connectivity index (χ0n) is 10.2. The Bertz CT molecular complexity index is 400. The molecule has 1 aliphatic rings. The van der Waals surface area contributed by atoms with Crippen molar-refractivity contribution in [2.24, 2.45) is 5.92 Å². The lowest BCUT2D eigenvalue weighted by Crippen LogP contribution is -2.37. The molecule has 0 unspecified atom stereocenters. The Labute approximate surface area is 101 Å². The number of aryl methyl sites for hydroxylation is 1. The molecule has 1 aliphatic heterocycles. The third-order valence-corrected chi connectivity index (χ3v) is 3.18. The number of carbonyl (C=O) groups excluding carboxylic acids is 1. The molecule has 2 rings (SSSR count). The van der Waals surface area contributed by atoms with Crippen molar-refractivity contribution < 1.29 is 9.53 Å². The molecule has 0 N–H and O–H groups in total. The molecule has 0 radical (unpaired) electrons. The second kappa shape index (κ2) is 5.12. The van der Waals surface area contributed by atoms with Gasteiger partial charge in [-0.25, -0.2) is 4.98 Å². The van der Waals surface area contributed by atoms with Gasteiger partial charge in [0.2, 0.25) is 0 Å². The fourth-order valence-corrected chi connectivity index (χ4v) is 2.20. The van der Waals surface area contributed by atoms with Crippen LogP contribution in [0.25, 0.3) is 0 Å². The Morgan fingerprint density at radius 3 is 2.59 bits per heavy atom. The van der Waals surface area contributed by atoms with E-state index in [2.05, 4.69) is 14.9 Å². The first-order chi connectivity index (χ1) is 8.22. The Morgan fingerprint density at radius 2 is 2.00 bits per heavy atom. The number of methoxy groups -OCH3 is 1. The Morgan fingerprint density at radius 1 is 1.35 bits per heavy atom. The highest BCUT2D eigenvalue weighted by atomic mass is 16.5. The molecule has 0 aromatic carbocycles. The van der Waals surface area contributed by atoms with Crippen molar-refractivity contribution in [3.05, 3.63) is 18.1 Å². The molecule has 1 saturated heterocycles. The van der Waals surface area contributed by atoms with Crippen molar-refractivity contribution in [1.29, 1.82) is 0 Å². The predicted octanol–water partition coefficient (Wildman–Crippen LogP) is 1.17. The summed E-state index contributed by atoms with van der Waals surface area (Å²) in [6, 6.07) is 0. The molecule has 92 valence electrons. The SMILES string of the molecule is COC(=O)C1CCN(c2nccnc2C)CC1. The number of carbonyl (C=O) groups is 1. The van der Waals surface area contributed by atoms with Gasteiger partial charge in [0.05, 0.1) is 18.7 Å². The van der Waals surface area contributed by atoms with E-state index in [0.717, 1.165) is 37.4 Å². The molecule has 17 heavy (non-hydrogen) atoms. The van der Waals surface area contributed by atoms with Crippen molar-refractivity contribution in [3.8, 4) is 0 Å². The number of aromatic nitrogens is 2. The minimum absolute atomic E-state index is 0.0354. The first-order valence-electron chi connectivity index (χ1n) is 5.82. The number of ether oxygens (including phenoxy) is 1. The third kappa shape index (κ3) is 2.54. The molecule has 0 spiro atoms. The molecule has 5 heteroatoms. The highest BCUT2D eigenvalue weighted by Gasteiger charge is 2.26. The van der Waals surface area contributed by atoms with Crippen LogP contribution in [0.15, 0.2) is 12.4 Å². The van der Waals surface area contributed by atoms with Crippen LogP contribution in [0.2, 0.25) is 0 Å².